The number of imidazole rings is 1. The van der Waals surface area contributed by atoms with Crippen molar-refractivity contribution in [2.75, 3.05) is 33.0 Å². The molecule has 2 aromatic carbocycles. The molecule has 0 radical (unpaired) electrons. The van der Waals surface area contributed by atoms with E-state index in [1.54, 1.807) is 11.8 Å². The van der Waals surface area contributed by atoms with E-state index in [1.165, 1.54) is 0 Å². The van der Waals surface area contributed by atoms with Gasteiger partial charge in [-0.3, -0.25) is 4.79 Å². The van der Waals surface area contributed by atoms with E-state index in [4.69, 9.17) is 35.9 Å². The third-order valence-electron chi connectivity index (χ3n) is 7.69. The number of alkyl halides is 1. The van der Waals surface area contributed by atoms with Crippen molar-refractivity contribution in [2.45, 2.75) is 81.5 Å². The lowest BCUT2D eigenvalue weighted by Crippen LogP contribution is -2.38. The number of carbonyl (C=O) groups excluding carboxylic acids is 1. The van der Waals surface area contributed by atoms with E-state index in [-0.39, 0.29) is 19.8 Å². The number of carbonyl (C=O) groups is 2. The van der Waals surface area contributed by atoms with Gasteiger partial charge in [0.05, 0.1) is 31.0 Å². The molecule has 14 heteroatoms. The molecule has 51 heavy (non-hydrogen) atoms. The molecule has 0 saturated carbocycles. The zero-order valence-corrected chi connectivity index (χ0v) is 32.9. The van der Waals surface area contributed by atoms with Gasteiger partial charge in [-0.05, 0) is 56.5 Å². The number of halogens is 1. The Morgan fingerprint density at radius 2 is 1.61 bits per heavy atom. The maximum Gasteiger partial charge on any atom is 0.410 e. The van der Waals surface area contributed by atoms with Crippen LogP contribution in [-0.2, 0) is 25.5 Å². The number of aromatic nitrogens is 3. The van der Waals surface area contributed by atoms with Crippen LogP contribution < -0.4 is 0 Å². The molecular formula is C37H49ClN4O7SSi. The van der Waals surface area contributed by atoms with Gasteiger partial charge in [-0.1, -0.05) is 91.5 Å². The van der Waals surface area contributed by atoms with Crippen molar-refractivity contribution in [1.82, 2.24) is 19.9 Å². The van der Waals surface area contributed by atoms with Crippen LogP contribution >= 0.6 is 23.4 Å². The summed E-state index contributed by atoms with van der Waals surface area (Å²) in [5.74, 6) is -0.927. The van der Waals surface area contributed by atoms with Crippen molar-refractivity contribution < 1.29 is 34.0 Å². The van der Waals surface area contributed by atoms with Crippen molar-refractivity contribution >= 4 is 54.7 Å². The van der Waals surface area contributed by atoms with Crippen molar-refractivity contribution in [3.8, 4) is 22.4 Å². The van der Waals surface area contributed by atoms with Gasteiger partial charge < -0.3 is 34.3 Å². The van der Waals surface area contributed by atoms with Gasteiger partial charge >= 0.3 is 12.1 Å². The predicted octanol–water partition coefficient (Wildman–Crippen LogP) is 8.20. The summed E-state index contributed by atoms with van der Waals surface area (Å²) in [6.45, 7) is 15.6. The third kappa shape index (κ3) is 12.3. The summed E-state index contributed by atoms with van der Waals surface area (Å²) < 4.78 is 17.1. The first-order valence-corrected chi connectivity index (χ1v) is 22.0. The fourth-order valence-corrected chi connectivity index (χ4v) is 6.65. The van der Waals surface area contributed by atoms with Gasteiger partial charge in [0, 0.05) is 38.9 Å². The second kappa shape index (κ2) is 17.8. The first kappa shape index (κ1) is 40.3. The van der Waals surface area contributed by atoms with Crippen molar-refractivity contribution in [1.29, 1.82) is 0 Å². The second-order valence-corrected chi connectivity index (χ2v) is 21.8. The molecule has 2 heterocycles. The highest BCUT2D eigenvalue weighted by Crippen LogP contribution is 2.36. The number of nitrogens with zero attached hydrogens (tertiary/aromatic N) is 3. The van der Waals surface area contributed by atoms with Crippen LogP contribution in [0.25, 0.3) is 33.5 Å². The van der Waals surface area contributed by atoms with Crippen molar-refractivity contribution in [3.63, 3.8) is 0 Å². The molecular weight excluding hydrogens is 708 g/mol. The Bertz CT molecular complexity index is 1760. The molecule has 2 unspecified atom stereocenters. The van der Waals surface area contributed by atoms with Crippen LogP contribution in [0.2, 0.25) is 25.7 Å². The number of rotatable bonds is 17. The summed E-state index contributed by atoms with van der Waals surface area (Å²) in [5, 5.41) is 18.2. The number of carboxylic acids is 1. The number of aliphatic hydroxyl groups excluding tert-OH is 1. The minimum absolute atomic E-state index is 0.0813. The third-order valence-corrected chi connectivity index (χ3v) is 10.7. The summed E-state index contributed by atoms with van der Waals surface area (Å²) >= 11 is 8.00. The normalized spacial score (nSPS) is 13.3. The SMILES string of the molecule is CC(Sc1nc2nc(-c3ccc(-c4ccc(CN(CCOCCO)C(=O)OC(C)(C)C)cc4)cc3)c(C(Cl)OCC[Si](C)(C)C)cc2[nH]1)C(=O)O. The molecule has 4 rings (SSSR count). The van der Waals surface area contributed by atoms with Crippen LogP contribution in [0.3, 0.4) is 0 Å². The molecule has 0 aliphatic carbocycles. The number of thioether (sulfide) groups is 1. The number of aliphatic hydroxyl groups is 1. The van der Waals surface area contributed by atoms with Crippen LogP contribution in [0.15, 0.2) is 59.8 Å². The molecule has 2 aromatic heterocycles. The minimum atomic E-state index is -1.34. The molecule has 4 aromatic rings. The van der Waals surface area contributed by atoms with Gasteiger partial charge in [-0.2, -0.15) is 0 Å². The van der Waals surface area contributed by atoms with Gasteiger partial charge in [-0.15, -0.1) is 0 Å². The van der Waals surface area contributed by atoms with Gasteiger partial charge in [0.15, 0.2) is 16.4 Å². The Morgan fingerprint density at radius 3 is 2.20 bits per heavy atom. The Hall–Kier alpha value is -3.46. The maximum atomic E-state index is 12.9. The van der Waals surface area contributed by atoms with Gasteiger partial charge in [0.25, 0.3) is 0 Å². The summed E-state index contributed by atoms with van der Waals surface area (Å²) in [4.78, 5) is 38.6. The van der Waals surface area contributed by atoms with Crippen molar-refractivity contribution in [3.05, 3.63) is 65.7 Å². The molecule has 11 nitrogen and oxygen atoms in total. The van der Waals surface area contributed by atoms with Gasteiger partial charge in [0.1, 0.15) is 10.9 Å². The molecule has 276 valence electrons. The average molecular weight is 757 g/mol. The van der Waals surface area contributed by atoms with E-state index in [2.05, 4.69) is 29.6 Å². The Labute approximate surface area is 310 Å². The Morgan fingerprint density at radius 1 is 0.980 bits per heavy atom. The number of hydrogen-bond donors (Lipinski definition) is 3. The number of nitrogens with one attached hydrogen (secondary N) is 1. The topological polar surface area (TPSA) is 147 Å². The lowest BCUT2D eigenvalue weighted by Gasteiger charge is -2.27. The average Bonchev–Trinajstić information content (AvgIpc) is 3.45. The number of H-pyrrole nitrogens is 1. The van der Waals surface area contributed by atoms with Crippen LogP contribution in [0.1, 0.15) is 44.4 Å². The van der Waals surface area contributed by atoms with E-state index in [0.29, 0.717) is 47.3 Å². The summed E-state index contributed by atoms with van der Waals surface area (Å²) in [6, 6.07) is 18.8. The number of hydrogen-bond acceptors (Lipinski definition) is 9. The van der Waals surface area contributed by atoms with Gasteiger partial charge in [-0.25, -0.2) is 14.8 Å². The van der Waals surface area contributed by atoms with Crippen LogP contribution in [0.5, 0.6) is 0 Å². The Kier molecular flexibility index (Phi) is 14.1. The highest BCUT2D eigenvalue weighted by atomic mass is 35.5. The number of amides is 1. The molecule has 2 atom stereocenters. The summed E-state index contributed by atoms with van der Waals surface area (Å²) in [6.07, 6.45) is -0.429. The summed E-state index contributed by atoms with van der Waals surface area (Å²) in [7, 11) is -1.34. The number of pyridine rings is 1. The molecule has 0 fully saturated rings. The van der Waals surface area contributed by atoms with Crippen molar-refractivity contribution in [2.24, 2.45) is 0 Å². The Balaban J connectivity index is 1.57. The smallest absolute Gasteiger partial charge is 0.410 e. The fraction of sp³-hybridized carbons (Fsp3) is 0.459. The first-order chi connectivity index (χ1) is 24.0. The number of benzene rings is 2. The predicted molar refractivity (Wildman–Crippen MR) is 205 cm³/mol. The molecule has 1 amide bonds. The van der Waals surface area contributed by atoms with E-state index in [1.807, 2.05) is 75.4 Å². The van der Waals surface area contributed by atoms with E-state index < -0.39 is 36.6 Å². The number of aliphatic carboxylic acids is 1. The molecule has 0 saturated heterocycles. The number of fused-ring (bicyclic) bond motifs is 1. The quantitative estimate of drug-likeness (QED) is 0.0417. The number of carboxylic acid groups (broad SMARTS) is 1. The minimum Gasteiger partial charge on any atom is -0.480 e. The molecule has 0 spiro atoms. The largest absolute Gasteiger partial charge is 0.480 e. The highest BCUT2D eigenvalue weighted by Gasteiger charge is 2.24. The van der Waals surface area contributed by atoms with Gasteiger partial charge in [0.2, 0.25) is 0 Å². The fourth-order valence-electron chi connectivity index (χ4n) is 4.92. The standard InChI is InChI=1S/C37H49ClN4O7SSi/c1-24(34(44)45)50-35-39-30-22-29(32(38)48-20-21-51(5,6)7)31(40-33(30)41-35)28-14-12-27(13-15-28)26-10-8-25(9-11-26)23-42(16-18-47-19-17-43)36(46)49-37(2,3)4/h8-15,22,24,32,43H,16-21,23H2,1-7H3,(H,44,45)(H,39,40,41). The second-order valence-electron chi connectivity index (χ2n) is 14.4. The number of aromatic amines is 1. The monoisotopic (exact) mass is 756 g/mol. The number of ether oxygens (including phenoxy) is 3. The molecule has 0 aliphatic rings. The zero-order chi connectivity index (χ0) is 37.3. The molecule has 0 bridgehead atoms. The van der Waals surface area contributed by atoms with Crippen LogP contribution in [0.4, 0.5) is 4.79 Å². The first-order valence-electron chi connectivity index (χ1n) is 16.9. The molecule has 3 N–H and O–H groups in total. The highest BCUT2D eigenvalue weighted by molar-refractivity contribution is 8.00. The van der Waals surface area contributed by atoms with Crippen LogP contribution in [0, 0.1) is 0 Å². The summed E-state index contributed by atoms with van der Waals surface area (Å²) in [5.41, 5.74) is 4.80. The van der Waals surface area contributed by atoms with E-state index in [0.717, 1.165) is 40.1 Å². The van der Waals surface area contributed by atoms with E-state index in [9.17, 15) is 14.7 Å². The van der Waals surface area contributed by atoms with Crippen LogP contribution in [-0.4, -0.2) is 94.0 Å². The lowest BCUT2D eigenvalue weighted by atomic mass is 9.99. The molecule has 0 aliphatic heterocycles. The maximum absolute atomic E-state index is 12.9. The van der Waals surface area contributed by atoms with E-state index >= 15 is 0 Å². The lowest BCUT2D eigenvalue weighted by molar-refractivity contribution is -0.136. The zero-order valence-electron chi connectivity index (χ0n) is 30.4.